The van der Waals surface area contributed by atoms with Crippen molar-refractivity contribution < 1.29 is 27.4 Å². The van der Waals surface area contributed by atoms with Crippen molar-refractivity contribution in [3.63, 3.8) is 0 Å². The smallest absolute Gasteiger partial charge is 0.248 e. The lowest BCUT2D eigenvalue weighted by Gasteiger charge is -2.26. The summed E-state index contributed by atoms with van der Waals surface area (Å²) in [7, 11) is -0.841. The van der Waals surface area contributed by atoms with Crippen molar-refractivity contribution in [3.8, 4) is 11.5 Å². The van der Waals surface area contributed by atoms with Gasteiger partial charge in [-0.15, -0.1) is 0 Å². The number of carbonyl (C=O) groups is 1. The average molecular weight is 467 g/mol. The Balaban J connectivity index is 1.78. The van der Waals surface area contributed by atoms with E-state index in [0.717, 1.165) is 0 Å². The molecule has 1 amide bonds. The molecule has 3 rings (SSSR count). The molecule has 0 bridgehead atoms. The van der Waals surface area contributed by atoms with Crippen molar-refractivity contribution in [1.29, 1.82) is 0 Å². The van der Waals surface area contributed by atoms with Crippen LogP contribution in [0, 0.1) is 0 Å². The number of sulfonamides is 1. The van der Waals surface area contributed by atoms with Crippen LogP contribution in [0.25, 0.3) is 6.08 Å². The van der Waals surface area contributed by atoms with Crippen LogP contribution in [0.3, 0.4) is 0 Å². The third-order valence-corrected chi connectivity index (χ3v) is 6.84. The molecule has 0 unspecified atom stereocenters. The van der Waals surface area contributed by atoms with Crippen LogP contribution in [0.5, 0.6) is 11.5 Å². The molecule has 1 fully saturated rings. The zero-order chi connectivity index (χ0) is 22.4. The molecule has 1 N–H and O–H groups in total. The minimum atomic E-state index is -3.76. The quantitative estimate of drug-likeness (QED) is 0.630. The van der Waals surface area contributed by atoms with E-state index in [1.165, 1.54) is 36.7 Å². The first-order chi connectivity index (χ1) is 14.8. The number of nitrogens with one attached hydrogen (secondary N) is 1. The first-order valence-electron chi connectivity index (χ1n) is 9.43. The molecule has 10 heteroatoms. The van der Waals surface area contributed by atoms with Gasteiger partial charge in [0.25, 0.3) is 0 Å². The number of halogens is 1. The van der Waals surface area contributed by atoms with Gasteiger partial charge < -0.3 is 19.5 Å². The molecule has 0 atom stereocenters. The van der Waals surface area contributed by atoms with Crippen LogP contribution in [0.15, 0.2) is 47.4 Å². The molecular weight excluding hydrogens is 444 g/mol. The lowest BCUT2D eigenvalue weighted by atomic mass is 10.2. The van der Waals surface area contributed by atoms with E-state index in [0.29, 0.717) is 35.2 Å². The molecule has 8 nitrogen and oxygen atoms in total. The van der Waals surface area contributed by atoms with Gasteiger partial charge in [-0.2, -0.15) is 4.31 Å². The van der Waals surface area contributed by atoms with Crippen LogP contribution in [0.1, 0.15) is 5.56 Å². The molecule has 31 heavy (non-hydrogen) atoms. The Labute approximate surface area is 186 Å². The fourth-order valence-electron chi connectivity index (χ4n) is 3.02. The highest BCUT2D eigenvalue weighted by molar-refractivity contribution is 7.89. The van der Waals surface area contributed by atoms with E-state index in [1.54, 1.807) is 30.3 Å². The number of morpholine rings is 1. The number of anilines is 1. The third kappa shape index (κ3) is 5.56. The van der Waals surface area contributed by atoms with Crippen LogP contribution in [-0.2, 0) is 19.6 Å². The van der Waals surface area contributed by atoms with Gasteiger partial charge >= 0.3 is 0 Å². The highest BCUT2D eigenvalue weighted by Gasteiger charge is 2.29. The maximum Gasteiger partial charge on any atom is 0.248 e. The summed E-state index contributed by atoms with van der Waals surface area (Å²) in [5.41, 5.74) is 1.04. The standard InChI is InChI=1S/C21H23ClN2O6S/c1-28-18-7-5-16(14-17(18)22)23-21(25)8-4-15-3-6-19(29-2)20(13-15)31(26,27)24-9-11-30-12-10-24/h3-8,13-14H,9-12H2,1-2H3,(H,23,25). The normalized spacial score (nSPS) is 15.1. The van der Waals surface area contributed by atoms with Gasteiger partial charge in [0.2, 0.25) is 15.9 Å². The van der Waals surface area contributed by atoms with Crippen molar-refractivity contribution in [2.75, 3.05) is 45.8 Å². The topological polar surface area (TPSA) is 94.2 Å². The molecule has 2 aromatic carbocycles. The number of hydrogen-bond donors (Lipinski definition) is 1. The average Bonchev–Trinajstić information content (AvgIpc) is 2.78. The Bertz CT molecular complexity index is 1080. The second-order valence-corrected chi connectivity index (χ2v) is 8.91. The van der Waals surface area contributed by atoms with Gasteiger partial charge in [0.05, 0.1) is 32.5 Å². The minimum Gasteiger partial charge on any atom is -0.495 e. The van der Waals surface area contributed by atoms with E-state index < -0.39 is 15.9 Å². The first kappa shape index (κ1) is 23.1. The minimum absolute atomic E-state index is 0.0430. The fraction of sp³-hybridized carbons (Fsp3) is 0.286. The molecule has 2 aromatic rings. The second kappa shape index (κ2) is 10.1. The molecule has 1 aliphatic heterocycles. The number of ether oxygens (including phenoxy) is 3. The zero-order valence-electron chi connectivity index (χ0n) is 17.1. The molecule has 0 radical (unpaired) electrons. The molecule has 1 saturated heterocycles. The Kier molecular flexibility index (Phi) is 7.55. The number of carbonyl (C=O) groups excluding carboxylic acids is 1. The Morgan fingerprint density at radius 2 is 1.77 bits per heavy atom. The summed E-state index contributed by atoms with van der Waals surface area (Å²) in [6.45, 7) is 1.24. The molecule has 0 aliphatic carbocycles. The van der Waals surface area contributed by atoms with Gasteiger partial charge in [0.1, 0.15) is 16.4 Å². The predicted octanol–water partition coefficient (Wildman–Crippen LogP) is 3.03. The Morgan fingerprint density at radius 1 is 1.10 bits per heavy atom. The largest absolute Gasteiger partial charge is 0.495 e. The maximum atomic E-state index is 13.0. The monoisotopic (exact) mass is 466 g/mol. The fourth-order valence-corrected chi connectivity index (χ4v) is 4.88. The van der Waals surface area contributed by atoms with Crippen molar-refractivity contribution in [3.05, 3.63) is 53.1 Å². The summed E-state index contributed by atoms with van der Waals surface area (Å²) in [6.07, 6.45) is 2.84. The SMILES string of the molecule is COc1ccc(NC(=O)C=Cc2ccc(OC)c(S(=O)(=O)N3CCOCC3)c2)cc1Cl. The molecule has 1 aliphatic rings. The highest BCUT2D eigenvalue weighted by atomic mass is 35.5. The van der Waals surface area contributed by atoms with Gasteiger partial charge in [-0.1, -0.05) is 17.7 Å². The van der Waals surface area contributed by atoms with E-state index in [4.69, 9.17) is 25.8 Å². The molecule has 0 saturated carbocycles. The van der Waals surface area contributed by atoms with E-state index >= 15 is 0 Å². The highest BCUT2D eigenvalue weighted by Crippen LogP contribution is 2.29. The number of hydrogen-bond acceptors (Lipinski definition) is 6. The number of rotatable bonds is 7. The van der Waals surface area contributed by atoms with Crippen LogP contribution in [0.2, 0.25) is 5.02 Å². The maximum absolute atomic E-state index is 13.0. The van der Waals surface area contributed by atoms with E-state index in [1.807, 2.05) is 0 Å². The molecule has 1 heterocycles. The molecule has 0 aromatic heterocycles. The number of nitrogens with zero attached hydrogens (tertiary/aromatic N) is 1. The predicted molar refractivity (Wildman–Crippen MR) is 118 cm³/mol. The van der Waals surface area contributed by atoms with Crippen molar-refractivity contribution in [2.24, 2.45) is 0 Å². The lowest BCUT2D eigenvalue weighted by molar-refractivity contribution is -0.111. The molecular formula is C21H23ClN2O6S. The Morgan fingerprint density at radius 3 is 2.42 bits per heavy atom. The number of methoxy groups -OCH3 is 2. The third-order valence-electron chi connectivity index (χ3n) is 4.62. The van der Waals surface area contributed by atoms with Crippen molar-refractivity contribution in [2.45, 2.75) is 4.90 Å². The second-order valence-electron chi connectivity index (χ2n) is 6.60. The van der Waals surface area contributed by atoms with E-state index in [-0.39, 0.29) is 23.7 Å². The van der Waals surface area contributed by atoms with Crippen LogP contribution in [0.4, 0.5) is 5.69 Å². The first-order valence-corrected chi connectivity index (χ1v) is 11.3. The van der Waals surface area contributed by atoms with Crippen molar-refractivity contribution >= 4 is 39.3 Å². The molecule has 0 spiro atoms. The van der Waals surface area contributed by atoms with Crippen LogP contribution in [-0.4, -0.2) is 59.2 Å². The summed E-state index contributed by atoms with van der Waals surface area (Å²) in [4.78, 5) is 12.3. The number of amides is 1. The van der Waals surface area contributed by atoms with Gasteiger partial charge in [-0.05, 0) is 42.0 Å². The summed E-state index contributed by atoms with van der Waals surface area (Å²) < 4.78 is 43.0. The van der Waals surface area contributed by atoms with Crippen molar-refractivity contribution in [1.82, 2.24) is 4.31 Å². The van der Waals surface area contributed by atoms with Crippen LogP contribution >= 0.6 is 11.6 Å². The van der Waals surface area contributed by atoms with E-state index in [2.05, 4.69) is 5.32 Å². The molecule has 166 valence electrons. The van der Waals surface area contributed by atoms with Gasteiger partial charge in [-0.3, -0.25) is 4.79 Å². The van der Waals surface area contributed by atoms with Crippen LogP contribution < -0.4 is 14.8 Å². The van der Waals surface area contributed by atoms with Gasteiger partial charge in [0, 0.05) is 24.9 Å². The van der Waals surface area contributed by atoms with E-state index in [9.17, 15) is 13.2 Å². The van der Waals surface area contributed by atoms with Gasteiger partial charge in [0.15, 0.2) is 0 Å². The Hall–Kier alpha value is -2.59. The summed E-state index contributed by atoms with van der Waals surface area (Å²) in [6, 6.07) is 9.61. The zero-order valence-corrected chi connectivity index (χ0v) is 18.7. The number of benzene rings is 2. The lowest BCUT2D eigenvalue weighted by Crippen LogP contribution is -2.40. The van der Waals surface area contributed by atoms with Gasteiger partial charge in [-0.25, -0.2) is 8.42 Å². The summed E-state index contributed by atoms with van der Waals surface area (Å²) in [5, 5.41) is 3.07. The summed E-state index contributed by atoms with van der Waals surface area (Å²) in [5.74, 6) is 0.345. The summed E-state index contributed by atoms with van der Waals surface area (Å²) >= 11 is 6.06.